The number of aryl methyl sites for hydroxylation is 1. The number of anilines is 1. The second-order valence-corrected chi connectivity index (χ2v) is 4.60. The second-order valence-electron chi connectivity index (χ2n) is 4.60. The molecule has 2 N–H and O–H groups in total. The summed E-state index contributed by atoms with van der Waals surface area (Å²) in [5, 5.41) is 16.3. The Labute approximate surface area is 123 Å². The van der Waals surface area contributed by atoms with Crippen LogP contribution in [0.15, 0.2) is 35.6 Å². The Kier molecular flexibility index (Phi) is 3.30. The van der Waals surface area contributed by atoms with Crippen LogP contribution in [0.4, 0.5) is 5.82 Å². The predicted octanol–water partition coefficient (Wildman–Crippen LogP) is -0.131. The lowest BCUT2D eigenvalue weighted by Gasteiger charge is -2.07. The molecule has 9 nitrogen and oxygen atoms in total. The molecule has 0 atom stereocenters. The summed E-state index contributed by atoms with van der Waals surface area (Å²) < 4.78 is 2.65. The highest BCUT2D eigenvalue weighted by molar-refractivity contribution is 5.91. The van der Waals surface area contributed by atoms with Crippen LogP contribution in [0, 0.1) is 0 Å². The van der Waals surface area contributed by atoms with Crippen molar-refractivity contribution in [2.75, 3.05) is 5.32 Å². The van der Waals surface area contributed by atoms with Crippen LogP contribution in [0.25, 0.3) is 11.0 Å². The van der Waals surface area contributed by atoms with E-state index in [9.17, 15) is 14.7 Å². The highest BCUT2D eigenvalue weighted by atomic mass is 16.3. The number of aromatic hydroxyl groups is 1. The van der Waals surface area contributed by atoms with Crippen LogP contribution in [-0.2, 0) is 18.4 Å². The maximum atomic E-state index is 12.2. The van der Waals surface area contributed by atoms with Gasteiger partial charge in [-0.2, -0.15) is 5.10 Å². The molecule has 112 valence electrons. The molecule has 0 aliphatic rings. The summed E-state index contributed by atoms with van der Waals surface area (Å²) in [4.78, 5) is 32.1. The fourth-order valence-corrected chi connectivity index (χ4v) is 2.00. The van der Waals surface area contributed by atoms with Crippen LogP contribution in [0.3, 0.4) is 0 Å². The standard InChI is InChI=1S/C13H12N6O3/c1-18-12-8(5-16-18)13(22)19(7-15-12)6-10(21)17-11-9(20)3-2-4-14-11/h2-5,7,20H,6H2,1H3,(H,14,17,21). The van der Waals surface area contributed by atoms with Gasteiger partial charge in [-0.05, 0) is 12.1 Å². The molecule has 0 saturated heterocycles. The van der Waals surface area contributed by atoms with Crippen LogP contribution in [0.1, 0.15) is 0 Å². The molecule has 0 saturated carbocycles. The average molecular weight is 300 g/mol. The number of rotatable bonds is 3. The van der Waals surface area contributed by atoms with E-state index in [4.69, 9.17) is 0 Å². The quantitative estimate of drug-likeness (QED) is 0.696. The monoisotopic (exact) mass is 300 g/mol. The average Bonchev–Trinajstić information content (AvgIpc) is 2.87. The zero-order valence-corrected chi connectivity index (χ0v) is 11.6. The molecule has 3 heterocycles. The topological polar surface area (TPSA) is 115 Å². The van der Waals surface area contributed by atoms with E-state index in [1.807, 2.05) is 0 Å². The first kappa shape index (κ1) is 13.7. The minimum absolute atomic E-state index is 0.0379. The minimum Gasteiger partial charge on any atom is -0.504 e. The molecule has 0 aliphatic heterocycles. The van der Waals surface area contributed by atoms with Crippen LogP contribution in [0.2, 0.25) is 0 Å². The van der Waals surface area contributed by atoms with E-state index >= 15 is 0 Å². The van der Waals surface area contributed by atoms with Crippen molar-refractivity contribution in [3.8, 4) is 5.75 Å². The molecular formula is C13H12N6O3. The third kappa shape index (κ3) is 2.39. The number of carbonyl (C=O) groups excluding carboxylic acids is 1. The fraction of sp³-hybridized carbons (Fsp3) is 0.154. The molecule has 9 heteroatoms. The lowest BCUT2D eigenvalue weighted by molar-refractivity contribution is -0.116. The molecule has 0 spiro atoms. The Bertz CT molecular complexity index is 914. The molecule has 22 heavy (non-hydrogen) atoms. The van der Waals surface area contributed by atoms with Gasteiger partial charge in [0.15, 0.2) is 17.2 Å². The molecule has 0 radical (unpaired) electrons. The molecule has 3 aromatic rings. The number of nitrogens with zero attached hydrogens (tertiary/aromatic N) is 5. The summed E-state index contributed by atoms with van der Waals surface area (Å²) in [5.41, 5.74) is 0.0857. The highest BCUT2D eigenvalue weighted by Gasteiger charge is 2.12. The Balaban J connectivity index is 1.84. The molecule has 3 aromatic heterocycles. The van der Waals surface area contributed by atoms with Gasteiger partial charge in [0.05, 0.1) is 6.20 Å². The Hall–Kier alpha value is -3.23. The Morgan fingerprint density at radius 1 is 1.41 bits per heavy atom. The largest absolute Gasteiger partial charge is 0.504 e. The number of amides is 1. The van der Waals surface area contributed by atoms with Gasteiger partial charge in [-0.1, -0.05) is 0 Å². The van der Waals surface area contributed by atoms with Crippen molar-refractivity contribution in [3.63, 3.8) is 0 Å². The van der Waals surface area contributed by atoms with E-state index in [0.717, 1.165) is 0 Å². The van der Waals surface area contributed by atoms with E-state index in [1.165, 1.54) is 40.1 Å². The van der Waals surface area contributed by atoms with Crippen LogP contribution >= 0.6 is 0 Å². The molecule has 0 aliphatic carbocycles. The highest BCUT2D eigenvalue weighted by Crippen LogP contribution is 2.17. The van der Waals surface area contributed by atoms with Crippen molar-refractivity contribution in [1.29, 1.82) is 0 Å². The predicted molar refractivity (Wildman–Crippen MR) is 77.3 cm³/mol. The first-order chi connectivity index (χ1) is 10.6. The maximum absolute atomic E-state index is 12.2. The number of hydrogen-bond donors (Lipinski definition) is 2. The maximum Gasteiger partial charge on any atom is 0.264 e. The summed E-state index contributed by atoms with van der Waals surface area (Å²) >= 11 is 0. The van der Waals surface area contributed by atoms with Gasteiger partial charge in [0.1, 0.15) is 18.3 Å². The summed E-state index contributed by atoms with van der Waals surface area (Å²) in [6.07, 6.45) is 4.12. The zero-order valence-electron chi connectivity index (χ0n) is 11.6. The van der Waals surface area contributed by atoms with Crippen LogP contribution in [0.5, 0.6) is 5.75 Å². The van der Waals surface area contributed by atoms with Crippen LogP contribution in [-0.4, -0.2) is 35.3 Å². The summed E-state index contributed by atoms with van der Waals surface area (Å²) in [6, 6.07) is 2.94. The van der Waals surface area contributed by atoms with Gasteiger partial charge < -0.3 is 10.4 Å². The number of pyridine rings is 1. The second kappa shape index (κ2) is 5.28. The Morgan fingerprint density at radius 2 is 2.23 bits per heavy atom. The molecule has 0 fully saturated rings. The van der Waals surface area contributed by atoms with E-state index < -0.39 is 5.91 Å². The van der Waals surface area contributed by atoms with Crippen molar-refractivity contribution in [1.82, 2.24) is 24.3 Å². The van der Waals surface area contributed by atoms with Crippen molar-refractivity contribution in [3.05, 3.63) is 41.2 Å². The minimum atomic E-state index is -0.499. The lowest BCUT2D eigenvalue weighted by Crippen LogP contribution is -2.28. The first-order valence-corrected chi connectivity index (χ1v) is 6.37. The summed E-state index contributed by atoms with van der Waals surface area (Å²) in [5.74, 6) is -0.610. The molecule has 0 aromatic carbocycles. The lowest BCUT2D eigenvalue weighted by atomic mass is 10.4. The number of hydrogen-bond acceptors (Lipinski definition) is 6. The number of nitrogens with one attached hydrogen (secondary N) is 1. The number of aromatic nitrogens is 5. The van der Waals surface area contributed by atoms with Gasteiger partial charge in [-0.3, -0.25) is 18.8 Å². The smallest absolute Gasteiger partial charge is 0.264 e. The number of fused-ring (bicyclic) bond motifs is 1. The molecular weight excluding hydrogens is 288 g/mol. The summed E-state index contributed by atoms with van der Waals surface area (Å²) in [6.45, 7) is -0.243. The van der Waals surface area contributed by atoms with Crippen molar-refractivity contribution in [2.45, 2.75) is 6.54 Å². The summed E-state index contributed by atoms with van der Waals surface area (Å²) in [7, 11) is 1.68. The van der Waals surface area contributed by atoms with Crippen molar-refractivity contribution in [2.24, 2.45) is 7.05 Å². The zero-order chi connectivity index (χ0) is 15.7. The Morgan fingerprint density at radius 3 is 3.00 bits per heavy atom. The van der Waals surface area contributed by atoms with Crippen molar-refractivity contribution >= 4 is 22.8 Å². The van der Waals surface area contributed by atoms with Gasteiger partial charge in [-0.25, -0.2) is 9.97 Å². The van der Waals surface area contributed by atoms with Gasteiger partial charge in [-0.15, -0.1) is 0 Å². The van der Waals surface area contributed by atoms with Gasteiger partial charge in [0.25, 0.3) is 5.56 Å². The van der Waals surface area contributed by atoms with Crippen LogP contribution < -0.4 is 10.9 Å². The SMILES string of the molecule is Cn1ncc2c(=O)n(CC(=O)Nc3ncccc3O)cnc21. The van der Waals surface area contributed by atoms with E-state index in [1.54, 1.807) is 7.05 Å². The third-order valence-electron chi connectivity index (χ3n) is 3.08. The first-order valence-electron chi connectivity index (χ1n) is 6.37. The van der Waals surface area contributed by atoms with Gasteiger partial charge in [0.2, 0.25) is 5.91 Å². The molecule has 1 amide bonds. The van der Waals surface area contributed by atoms with E-state index in [-0.39, 0.29) is 23.7 Å². The normalized spacial score (nSPS) is 10.8. The third-order valence-corrected chi connectivity index (χ3v) is 3.08. The number of carbonyl (C=O) groups is 1. The fourth-order valence-electron chi connectivity index (χ4n) is 2.00. The van der Waals surface area contributed by atoms with E-state index in [0.29, 0.717) is 11.0 Å². The van der Waals surface area contributed by atoms with Gasteiger partial charge in [0, 0.05) is 13.2 Å². The molecule has 0 bridgehead atoms. The van der Waals surface area contributed by atoms with E-state index in [2.05, 4.69) is 20.4 Å². The van der Waals surface area contributed by atoms with Crippen molar-refractivity contribution < 1.29 is 9.90 Å². The molecule has 0 unspecified atom stereocenters. The molecule has 3 rings (SSSR count). The van der Waals surface area contributed by atoms with Gasteiger partial charge >= 0.3 is 0 Å².